The molecule has 3 amide bonds. The molecule has 5 nitrogen and oxygen atoms in total. The van der Waals surface area contributed by atoms with Gasteiger partial charge >= 0.3 is 0 Å². The first-order chi connectivity index (χ1) is 13.3. The van der Waals surface area contributed by atoms with Crippen molar-refractivity contribution in [3.63, 3.8) is 0 Å². The normalized spacial score (nSPS) is 15.4. The summed E-state index contributed by atoms with van der Waals surface area (Å²) in [6.07, 6.45) is 1.69. The van der Waals surface area contributed by atoms with E-state index in [2.05, 4.69) is 21.2 Å². The molecule has 3 rings (SSSR count). The maximum absolute atomic E-state index is 12.5. The largest absolute Gasteiger partial charge is 0.326 e. The highest BCUT2D eigenvalue weighted by atomic mass is 79.9. The number of nitrogens with one attached hydrogen (secondary N) is 1. The zero-order chi connectivity index (χ0) is 20.3. The first-order valence-electron chi connectivity index (χ1n) is 8.40. The third-order valence-electron chi connectivity index (χ3n) is 4.02. The van der Waals surface area contributed by atoms with E-state index in [0.29, 0.717) is 15.6 Å². The lowest BCUT2D eigenvalue weighted by Crippen LogP contribution is -2.31. The first kappa shape index (κ1) is 20.6. The predicted octanol–water partition coefficient (Wildman–Crippen LogP) is 5.48. The maximum Gasteiger partial charge on any atom is 0.293 e. The van der Waals surface area contributed by atoms with Crippen LogP contribution in [0.4, 0.5) is 10.5 Å². The van der Waals surface area contributed by atoms with Crippen LogP contribution < -0.4 is 5.32 Å². The quantitative estimate of drug-likeness (QED) is 0.577. The van der Waals surface area contributed by atoms with E-state index in [1.807, 2.05) is 31.2 Å². The second kappa shape index (κ2) is 8.94. The van der Waals surface area contributed by atoms with E-state index in [1.165, 1.54) is 0 Å². The Bertz CT molecular complexity index is 993. The van der Waals surface area contributed by atoms with Crippen LogP contribution >= 0.6 is 39.3 Å². The number of rotatable bonds is 5. The molecule has 0 atom stereocenters. The fourth-order valence-corrected chi connectivity index (χ4v) is 4.00. The number of imide groups is 1. The number of amides is 3. The topological polar surface area (TPSA) is 66.5 Å². The summed E-state index contributed by atoms with van der Waals surface area (Å²) in [5, 5.41) is 2.99. The van der Waals surface area contributed by atoms with Crippen molar-refractivity contribution >= 4 is 68.1 Å². The van der Waals surface area contributed by atoms with E-state index in [9.17, 15) is 14.4 Å². The van der Waals surface area contributed by atoms with Gasteiger partial charge < -0.3 is 5.32 Å². The minimum Gasteiger partial charge on any atom is -0.326 e. The van der Waals surface area contributed by atoms with Crippen molar-refractivity contribution < 1.29 is 14.4 Å². The molecule has 8 heteroatoms. The number of benzene rings is 2. The third kappa shape index (κ3) is 5.04. The molecule has 0 unspecified atom stereocenters. The summed E-state index contributed by atoms with van der Waals surface area (Å²) in [6, 6.07) is 12.6. The summed E-state index contributed by atoms with van der Waals surface area (Å²) in [5.41, 5.74) is 2.29. The molecule has 2 aromatic rings. The standard InChI is InChI=1S/C20H16BrClN2O3S/c1-12-9-15(5-6-16(12)22)23-18(25)7-8-24-19(26)17(28-20(24)27)11-13-3-2-4-14(21)10-13/h2-6,9-11H,7-8H2,1H3,(H,23,25)/b17-11-. The van der Waals surface area contributed by atoms with Crippen LogP contribution in [0.1, 0.15) is 17.5 Å². The molecular weight excluding hydrogens is 464 g/mol. The Hall–Kier alpha value is -2.09. The predicted molar refractivity (Wildman–Crippen MR) is 116 cm³/mol. The Labute approximate surface area is 180 Å². The van der Waals surface area contributed by atoms with Crippen molar-refractivity contribution in [2.75, 3.05) is 11.9 Å². The van der Waals surface area contributed by atoms with Crippen LogP contribution in [0.2, 0.25) is 5.02 Å². The molecule has 1 saturated heterocycles. The Morgan fingerprint density at radius 3 is 2.75 bits per heavy atom. The summed E-state index contributed by atoms with van der Waals surface area (Å²) in [6.45, 7) is 1.87. The first-order valence-corrected chi connectivity index (χ1v) is 10.4. The van der Waals surface area contributed by atoms with E-state index >= 15 is 0 Å². The number of carbonyl (C=O) groups is 3. The Morgan fingerprint density at radius 1 is 1.25 bits per heavy atom. The Kier molecular flexibility index (Phi) is 6.59. The van der Waals surface area contributed by atoms with Gasteiger partial charge in [-0.2, -0.15) is 0 Å². The zero-order valence-electron chi connectivity index (χ0n) is 14.9. The second-order valence-electron chi connectivity index (χ2n) is 6.15. The van der Waals surface area contributed by atoms with E-state index in [0.717, 1.165) is 32.3 Å². The lowest BCUT2D eigenvalue weighted by molar-refractivity contribution is -0.123. The number of hydrogen-bond acceptors (Lipinski definition) is 4. The number of carbonyl (C=O) groups excluding carboxylic acids is 3. The number of aryl methyl sites for hydroxylation is 1. The van der Waals surface area contributed by atoms with Crippen molar-refractivity contribution in [1.82, 2.24) is 4.90 Å². The summed E-state index contributed by atoms with van der Waals surface area (Å²) < 4.78 is 0.884. The van der Waals surface area contributed by atoms with E-state index in [1.54, 1.807) is 24.3 Å². The number of nitrogens with zero attached hydrogens (tertiary/aromatic N) is 1. The van der Waals surface area contributed by atoms with Crippen molar-refractivity contribution in [2.45, 2.75) is 13.3 Å². The van der Waals surface area contributed by atoms with E-state index < -0.39 is 0 Å². The van der Waals surface area contributed by atoms with Gasteiger partial charge in [0.1, 0.15) is 0 Å². The van der Waals surface area contributed by atoms with Gasteiger partial charge in [0.05, 0.1) is 4.91 Å². The molecule has 0 radical (unpaired) electrons. The molecule has 2 aromatic carbocycles. The van der Waals surface area contributed by atoms with Gasteiger partial charge in [-0.25, -0.2) is 0 Å². The summed E-state index contributed by atoms with van der Waals surface area (Å²) in [5.74, 6) is -0.665. The van der Waals surface area contributed by atoms with Crippen LogP contribution in [0.5, 0.6) is 0 Å². The van der Waals surface area contributed by atoms with Gasteiger partial charge in [0.15, 0.2) is 0 Å². The van der Waals surface area contributed by atoms with Crippen molar-refractivity contribution in [3.05, 3.63) is 68.0 Å². The Morgan fingerprint density at radius 2 is 2.04 bits per heavy atom. The average molecular weight is 480 g/mol. The maximum atomic E-state index is 12.5. The highest BCUT2D eigenvalue weighted by Gasteiger charge is 2.35. The summed E-state index contributed by atoms with van der Waals surface area (Å²) >= 11 is 10.2. The molecule has 0 saturated carbocycles. The Balaban J connectivity index is 1.61. The third-order valence-corrected chi connectivity index (χ3v) is 5.85. The zero-order valence-corrected chi connectivity index (χ0v) is 18.0. The van der Waals surface area contributed by atoms with Crippen molar-refractivity contribution in [2.24, 2.45) is 0 Å². The monoisotopic (exact) mass is 478 g/mol. The van der Waals surface area contributed by atoms with Crippen LogP contribution in [-0.2, 0) is 9.59 Å². The second-order valence-corrected chi connectivity index (χ2v) is 8.47. The number of halogens is 2. The van der Waals surface area contributed by atoms with Gasteiger partial charge in [-0.15, -0.1) is 0 Å². The molecule has 1 fully saturated rings. The fraction of sp³-hybridized carbons (Fsp3) is 0.150. The molecule has 0 bridgehead atoms. The minimum absolute atomic E-state index is 0.0177. The molecule has 1 N–H and O–H groups in total. The molecule has 0 aromatic heterocycles. The average Bonchev–Trinajstić information content (AvgIpc) is 2.90. The molecule has 144 valence electrons. The van der Waals surface area contributed by atoms with Gasteiger partial charge in [-0.05, 0) is 66.2 Å². The van der Waals surface area contributed by atoms with Gasteiger partial charge in [0, 0.05) is 28.1 Å². The van der Waals surface area contributed by atoms with Gasteiger partial charge in [0.25, 0.3) is 11.1 Å². The van der Waals surface area contributed by atoms with Crippen molar-refractivity contribution in [1.29, 1.82) is 0 Å². The molecule has 1 aliphatic rings. The van der Waals surface area contributed by atoms with Crippen LogP contribution in [0.3, 0.4) is 0 Å². The van der Waals surface area contributed by atoms with Gasteiger partial charge in [-0.3, -0.25) is 19.3 Å². The minimum atomic E-state index is -0.384. The summed E-state index contributed by atoms with van der Waals surface area (Å²) in [7, 11) is 0. The van der Waals surface area contributed by atoms with Crippen molar-refractivity contribution in [3.8, 4) is 0 Å². The fourth-order valence-electron chi connectivity index (χ4n) is 2.60. The SMILES string of the molecule is Cc1cc(NC(=O)CCN2C(=O)S/C(=C\c3cccc(Br)c3)C2=O)ccc1Cl. The van der Waals surface area contributed by atoms with Crippen LogP contribution in [0.25, 0.3) is 6.08 Å². The molecular formula is C20H16BrClN2O3S. The molecule has 1 aliphatic heterocycles. The number of thioether (sulfide) groups is 1. The highest BCUT2D eigenvalue weighted by molar-refractivity contribution is 9.10. The van der Waals surface area contributed by atoms with Crippen LogP contribution in [0, 0.1) is 6.92 Å². The van der Waals surface area contributed by atoms with E-state index in [4.69, 9.17) is 11.6 Å². The molecule has 1 heterocycles. The molecule has 28 heavy (non-hydrogen) atoms. The lowest BCUT2D eigenvalue weighted by atomic mass is 10.2. The molecule has 0 aliphatic carbocycles. The van der Waals surface area contributed by atoms with E-state index in [-0.39, 0.29) is 30.0 Å². The lowest BCUT2D eigenvalue weighted by Gasteiger charge is -2.12. The van der Waals surface area contributed by atoms with Gasteiger partial charge in [-0.1, -0.05) is 39.7 Å². The van der Waals surface area contributed by atoms with Crippen LogP contribution in [-0.4, -0.2) is 28.5 Å². The van der Waals surface area contributed by atoms with Crippen LogP contribution in [0.15, 0.2) is 51.8 Å². The highest BCUT2D eigenvalue weighted by Crippen LogP contribution is 2.32. The number of anilines is 1. The number of hydrogen-bond donors (Lipinski definition) is 1. The van der Waals surface area contributed by atoms with Gasteiger partial charge in [0.2, 0.25) is 5.91 Å². The molecule has 0 spiro atoms. The smallest absolute Gasteiger partial charge is 0.293 e. The summed E-state index contributed by atoms with van der Waals surface area (Å²) in [4.78, 5) is 38.3.